The first-order valence-electron chi connectivity index (χ1n) is 15.7. The zero-order valence-corrected chi connectivity index (χ0v) is 27.8. The summed E-state index contributed by atoms with van der Waals surface area (Å²) in [6, 6.07) is 11.3. The third-order valence-electron chi connectivity index (χ3n) is 10.2. The van der Waals surface area contributed by atoms with E-state index in [1.165, 1.54) is 11.1 Å². The number of allylic oxidation sites excluding steroid dienone is 1. The summed E-state index contributed by atoms with van der Waals surface area (Å²) in [5.41, 5.74) is 3.21. The molecular formula is C33H41ClN2O7S2. The predicted molar refractivity (Wildman–Crippen MR) is 176 cm³/mol. The molecule has 2 N–H and O–H groups in total. The number of aryl methyl sites for hydroxylation is 1. The zero-order valence-electron chi connectivity index (χ0n) is 25.5. The topological polar surface area (TPSA) is 122 Å². The van der Waals surface area contributed by atoms with Gasteiger partial charge in [0.05, 0.1) is 29.4 Å². The Bertz CT molecular complexity index is 1600. The number of carbonyl (C=O) groups is 1. The summed E-state index contributed by atoms with van der Waals surface area (Å²) < 4.78 is 62.4. The number of methoxy groups -OCH3 is 1. The lowest BCUT2D eigenvalue weighted by Crippen LogP contribution is -2.49. The maximum Gasteiger partial charge on any atom is 0.264 e. The van der Waals surface area contributed by atoms with Crippen molar-refractivity contribution in [2.45, 2.75) is 68.1 Å². The predicted octanol–water partition coefficient (Wildman–Crippen LogP) is 5.24. The van der Waals surface area contributed by atoms with Crippen LogP contribution in [0, 0.1) is 11.8 Å². The van der Waals surface area contributed by atoms with Gasteiger partial charge in [-0.05, 0) is 105 Å². The minimum Gasteiger partial charge on any atom is -0.490 e. The Morgan fingerprint density at radius 1 is 1.20 bits per heavy atom. The van der Waals surface area contributed by atoms with Crippen LogP contribution in [0.4, 0.5) is 5.69 Å². The molecule has 45 heavy (non-hydrogen) atoms. The van der Waals surface area contributed by atoms with Gasteiger partial charge in [-0.25, -0.2) is 17.3 Å². The van der Waals surface area contributed by atoms with Crippen LogP contribution in [0.2, 0.25) is 5.02 Å². The fraction of sp³-hybridized carbons (Fsp3) is 0.545. The van der Waals surface area contributed by atoms with Crippen LogP contribution in [-0.4, -0.2) is 67.0 Å². The van der Waals surface area contributed by atoms with Gasteiger partial charge in [0.25, 0.3) is 5.91 Å². The Labute approximate surface area is 273 Å². The molecule has 0 saturated heterocycles. The van der Waals surface area contributed by atoms with Crippen molar-refractivity contribution in [1.82, 2.24) is 4.72 Å². The van der Waals surface area contributed by atoms with Crippen molar-refractivity contribution in [3.63, 3.8) is 0 Å². The number of hydrogen-bond donors (Lipinski definition) is 2. The highest BCUT2D eigenvalue weighted by molar-refractivity contribution is 7.90. The lowest BCUT2D eigenvalue weighted by Gasteiger charge is -2.46. The van der Waals surface area contributed by atoms with Crippen LogP contribution < -0.4 is 14.4 Å². The molecule has 1 amide bonds. The Kier molecular flexibility index (Phi) is 9.64. The van der Waals surface area contributed by atoms with E-state index in [1.807, 2.05) is 18.2 Å². The number of anilines is 1. The quantitative estimate of drug-likeness (QED) is 0.333. The van der Waals surface area contributed by atoms with Gasteiger partial charge >= 0.3 is 0 Å². The maximum absolute atomic E-state index is 13.5. The molecule has 6 rings (SSSR count). The van der Waals surface area contributed by atoms with Crippen molar-refractivity contribution in [1.29, 1.82) is 0 Å². The van der Waals surface area contributed by atoms with E-state index in [-0.39, 0.29) is 35.7 Å². The smallest absolute Gasteiger partial charge is 0.264 e. The molecule has 2 bridgehead atoms. The van der Waals surface area contributed by atoms with E-state index in [4.69, 9.17) is 21.1 Å². The normalized spacial score (nSPS) is 30.9. The molecule has 0 aromatic heterocycles. The van der Waals surface area contributed by atoms with Crippen LogP contribution in [-0.2, 0) is 37.7 Å². The summed E-state index contributed by atoms with van der Waals surface area (Å²) in [5.74, 6) is 0.386. The molecule has 12 heteroatoms. The first-order valence-corrected chi connectivity index (χ1v) is 18.9. The van der Waals surface area contributed by atoms with Crippen molar-refractivity contribution < 1.29 is 31.4 Å². The monoisotopic (exact) mass is 676 g/mol. The third-order valence-corrected chi connectivity index (χ3v) is 12.8. The number of amides is 1. The maximum atomic E-state index is 13.5. The van der Waals surface area contributed by atoms with Crippen LogP contribution in [0.25, 0.3) is 0 Å². The Balaban J connectivity index is 1.40. The van der Waals surface area contributed by atoms with Gasteiger partial charge in [-0.2, -0.15) is 0 Å². The van der Waals surface area contributed by atoms with E-state index in [2.05, 4.69) is 21.8 Å². The van der Waals surface area contributed by atoms with Crippen LogP contribution in [0.5, 0.6) is 5.75 Å². The molecule has 1 fully saturated rings. The number of sulfonamides is 1. The molecule has 4 aliphatic rings. The number of rotatable bonds is 4. The van der Waals surface area contributed by atoms with Crippen molar-refractivity contribution in [3.8, 4) is 5.75 Å². The van der Waals surface area contributed by atoms with Crippen LogP contribution in [0.1, 0.15) is 66.4 Å². The van der Waals surface area contributed by atoms with Gasteiger partial charge in [0.1, 0.15) is 5.75 Å². The lowest BCUT2D eigenvalue weighted by molar-refractivity contribution is 0.0132. The molecule has 6 atom stereocenters. The number of nitrogens with zero attached hydrogens (tertiary/aromatic N) is 1. The standard InChI is InChI=1S/C33H41ClN2O7S2/c1-42-30-7-3-2-6-26(14-16-44(38)39)45(40,41)35-32(37)23-9-13-31-29(18-23)36(19-24-8-11-27(24)30)20-33(21-43-31)15-4-5-22-17-25(34)10-12-28(22)33/h3,7,9-10,12-13,17-18,24,26-27,30H,2,4-6,8,11,14-16,19-21H2,1H3,(H,35,37)(H,38,39)/b7-3+/t24-,26-,27+,30-,33-/m0/s1. The van der Waals surface area contributed by atoms with E-state index < -0.39 is 32.3 Å². The van der Waals surface area contributed by atoms with Crippen LogP contribution in [0.3, 0.4) is 0 Å². The minimum atomic E-state index is -4.14. The molecule has 2 aliphatic carbocycles. The van der Waals surface area contributed by atoms with E-state index in [0.717, 1.165) is 49.4 Å². The average Bonchev–Trinajstić information content (AvgIpc) is 3.14. The molecule has 2 aromatic carbocycles. The van der Waals surface area contributed by atoms with Crippen molar-refractivity contribution in [2.75, 3.05) is 37.5 Å². The summed E-state index contributed by atoms with van der Waals surface area (Å²) >= 11 is 4.25. The molecule has 1 saturated carbocycles. The molecule has 244 valence electrons. The minimum absolute atomic E-state index is 0.0431. The van der Waals surface area contributed by atoms with E-state index >= 15 is 0 Å². The van der Waals surface area contributed by atoms with Crippen molar-refractivity contribution in [2.24, 2.45) is 11.8 Å². The summed E-state index contributed by atoms with van der Waals surface area (Å²) in [6.45, 7) is 1.93. The second-order valence-electron chi connectivity index (χ2n) is 12.9. The number of fused-ring (bicyclic) bond motifs is 4. The summed E-state index contributed by atoms with van der Waals surface area (Å²) in [5, 5.41) is -0.282. The van der Waals surface area contributed by atoms with Gasteiger partial charge in [-0.1, -0.05) is 29.8 Å². The van der Waals surface area contributed by atoms with Crippen molar-refractivity contribution in [3.05, 3.63) is 70.3 Å². The fourth-order valence-electron chi connectivity index (χ4n) is 7.66. The summed E-state index contributed by atoms with van der Waals surface area (Å²) in [6.07, 6.45) is 9.47. The van der Waals surface area contributed by atoms with E-state index in [9.17, 15) is 22.0 Å². The molecular weight excluding hydrogens is 636 g/mol. The molecule has 2 aliphatic heterocycles. The molecule has 2 heterocycles. The molecule has 1 unspecified atom stereocenters. The highest BCUT2D eigenvalue weighted by Crippen LogP contribution is 2.47. The van der Waals surface area contributed by atoms with Crippen LogP contribution in [0.15, 0.2) is 48.6 Å². The highest BCUT2D eigenvalue weighted by Gasteiger charge is 2.44. The lowest BCUT2D eigenvalue weighted by atomic mass is 9.68. The molecule has 2 aromatic rings. The Hall–Kier alpha value is -2.44. The average molecular weight is 677 g/mol. The van der Waals surface area contributed by atoms with E-state index in [1.54, 1.807) is 25.3 Å². The number of carbonyl (C=O) groups excluding carboxylic acids is 1. The van der Waals surface area contributed by atoms with Gasteiger partial charge in [0, 0.05) is 36.2 Å². The van der Waals surface area contributed by atoms with Gasteiger partial charge in [-0.15, -0.1) is 0 Å². The second kappa shape index (κ2) is 13.4. The third kappa shape index (κ3) is 6.83. The molecule has 0 radical (unpaired) electrons. The number of benzene rings is 2. The first-order chi connectivity index (χ1) is 21.6. The summed E-state index contributed by atoms with van der Waals surface area (Å²) in [7, 11) is -2.43. The largest absolute Gasteiger partial charge is 0.490 e. The number of hydrogen-bond acceptors (Lipinski definition) is 7. The number of halogens is 1. The fourth-order valence-corrected chi connectivity index (χ4v) is 9.91. The summed E-state index contributed by atoms with van der Waals surface area (Å²) in [4.78, 5) is 15.8. The van der Waals surface area contributed by atoms with Gasteiger partial charge in [0.2, 0.25) is 10.0 Å². The molecule has 1 spiro atoms. The Morgan fingerprint density at radius 2 is 2.04 bits per heavy atom. The number of ether oxygens (including phenoxy) is 2. The van der Waals surface area contributed by atoms with Gasteiger partial charge < -0.3 is 18.9 Å². The van der Waals surface area contributed by atoms with Crippen LogP contribution >= 0.6 is 11.6 Å². The first kappa shape index (κ1) is 32.5. The van der Waals surface area contributed by atoms with Gasteiger partial charge in [-0.3, -0.25) is 4.79 Å². The molecule has 9 nitrogen and oxygen atoms in total. The Morgan fingerprint density at radius 3 is 2.80 bits per heavy atom. The van der Waals surface area contributed by atoms with Crippen molar-refractivity contribution >= 4 is 44.3 Å². The van der Waals surface area contributed by atoms with E-state index in [0.29, 0.717) is 37.2 Å². The number of nitrogens with one attached hydrogen (secondary N) is 1. The zero-order chi connectivity index (χ0) is 31.8. The highest BCUT2D eigenvalue weighted by atomic mass is 35.5. The SMILES string of the molecule is CO[C@H]1/C=C/CC[C@@H](CCS(=O)O)S(=O)(=O)NC(=O)c2ccc3c(c2)N(C[C@@H]2CC[C@H]21)C[C@@]1(CCCc2cc(Cl)ccc21)CO3. The second-order valence-corrected chi connectivity index (χ2v) is 16.4. The van der Waals surface area contributed by atoms with Gasteiger partial charge in [0.15, 0.2) is 11.1 Å².